The highest BCUT2D eigenvalue weighted by Crippen LogP contribution is 2.29. The molecule has 146 valence electrons. The van der Waals surface area contributed by atoms with Crippen molar-refractivity contribution in [3.8, 4) is 6.07 Å². The molecule has 1 aromatic carbocycles. The molecule has 29 heavy (non-hydrogen) atoms. The minimum absolute atomic E-state index is 0.170. The zero-order valence-corrected chi connectivity index (χ0v) is 15.7. The van der Waals surface area contributed by atoms with Crippen LogP contribution < -0.4 is 15.5 Å². The number of nitriles is 1. The second-order valence-corrected chi connectivity index (χ2v) is 6.78. The minimum Gasteiger partial charge on any atom is -0.370 e. The van der Waals surface area contributed by atoms with Crippen molar-refractivity contribution in [2.75, 3.05) is 28.6 Å². The monoisotopic (exact) mass is 388 g/mol. The summed E-state index contributed by atoms with van der Waals surface area (Å²) < 4.78 is 0. The van der Waals surface area contributed by atoms with E-state index in [-0.39, 0.29) is 6.04 Å². The molecule has 3 N–H and O–H groups in total. The Labute approximate surface area is 167 Å². The molecule has 0 saturated carbocycles. The molecule has 2 aromatic heterocycles. The fourth-order valence-corrected chi connectivity index (χ4v) is 3.34. The number of fused-ring (bicyclic) bond motifs is 1. The first-order valence-corrected chi connectivity index (χ1v) is 9.22. The number of aromatic nitrogens is 4. The van der Waals surface area contributed by atoms with Crippen LogP contribution in [0.3, 0.4) is 0 Å². The van der Waals surface area contributed by atoms with E-state index in [1.165, 1.54) is 18.5 Å². The topological polar surface area (TPSA) is 123 Å². The summed E-state index contributed by atoms with van der Waals surface area (Å²) in [6.45, 7) is 5.13. The number of hydrogen-bond acceptors (Lipinski definition) is 9. The van der Waals surface area contributed by atoms with E-state index < -0.39 is 6.23 Å². The summed E-state index contributed by atoms with van der Waals surface area (Å²) in [6, 6.07) is 7.98. The van der Waals surface area contributed by atoms with Gasteiger partial charge in [-0.05, 0) is 30.7 Å². The van der Waals surface area contributed by atoms with Crippen molar-refractivity contribution in [2.45, 2.75) is 18.7 Å². The standard InChI is InChI=1S/C20H20N8O/c1-2-18(29)25-15-3-4-17-14(7-15)11-24-27-19(17)28-6-5-16(12-28)26-20-22-9-13(8-21)10-23-20/h2-4,7,9-11,16,18,25,29H,1,5-6,12H2,(H,22,23,26)/t16-,18?/m1/s1. The number of hydrogen-bond donors (Lipinski definition) is 3. The summed E-state index contributed by atoms with van der Waals surface area (Å²) in [5, 5.41) is 35.2. The Morgan fingerprint density at radius 1 is 1.31 bits per heavy atom. The number of anilines is 3. The lowest BCUT2D eigenvalue weighted by Crippen LogP contribution is -2.27. The normalized spacial score (nSPS) is 17.0. The average Bonchev–Trinajstić information content (AvgIpc) is 3.22. The van der Waals surface area contributed by atoms with E-state index in [1.54, 1.807) is 6.20 Å². The van der Waals surface area contributed by atoms with Gasteiger partial charge in [0, 0.05) is 35.6 Å². The third-order valence-corrected chi connectivity index (χ3v) is 4.78. The Morgan fingerprint density at radius 3 is 2.90 bits per heavy atom. The minimum atomic E-state index is -0.809. The molecule has 0 amide bonds. The average molecular weight is 388 g/mol. The van der Waals surface area contributed by atoms with Crippen LogP contribution in [-0.4, -0.2) is 50.6 Å². The van der Waals surface area contributed by atoms with Gasteiger partial charge < -0.3 is 20.6 Å². The molecule has 1 aliphatic heterocycles. The molecule has 0 radical (unpaired) electrons. The highest BCUT2D eigenvalue weighted by molar-refractivity contribution is 5.93. The molecule has 3 heterocycles. The number of rotatable bonds is 6. The molecule has 3 aromatic rings. The van der Waals surface area contributed by atoms with Gasteiger partial charge in [0.2, 0.25) is 5.95 Å². The lowest BCUT2D eigenvalue weighted by atomic mass is 10.1. The van der Waals surface area contributed by atoms with Gasteiger partial charge in [0.25, 0.3) is 0 Å². The molecule has 4 rings (SSSR count). The first-order valence-electron chi connectivity index (χ1n) is 9.22. The quantitative estimate of drug-likeness (QED) is 0.429. The maximum Gasteiger partial charge on any atom is 0.222 e. The van der Waals surface area contributed by atoms with Crippen LogP contribution in [0.2, 0.25) is 0 Å². The van der Waals surface area contributed by atoms with E-state index >= 15 is 0 Å². The molecule has 1 unspecified atom stereocenters. The van der Waals surface area contributed by atoms with Crippen molar-refractivity contribution < 1.29 is 5.11 Å². The van der Waals surface area contributed by atoms with Crippen LogP contribution in [-0.2, 0) is 0 Å². The van der Waals surface area contributed by atoms with Crippen LogP contribution in [0.25, 0.3) is 10.8 Å². The van der Waals surface area contributed by atoms with E-state index in [0.717, 1.165) is 41.8 Å². The largest absolute Gasteiger partial charge is 0.370 e. The van der Waals surface area contributed by atoms with Crippen LogP contribution in [0.4, 0.5) is 17.5 Å². The van der Waals surface area contributed by atoms with E-state index in [2.05, 4.69) is 42.3 Å². The Kier molecular flexibility index (Phi) is 5.18. The van der Waals surface area contributed by atoms with Gasteiger partial charge in [-0.25, -0.2) is 9.97 Å². The highest BCUT2D eigenvalue weighted by Gasteiger charge is 2.25. The maximum absolute atomic E-state index is 9.69. The molecule has 0 aliphatic carbocycles. The van der Waals surface area contributed by atoms with Gasteiger partial charge in [-0.3, -0.25) is 0 Å². The SMILES string of the molecule is C=CC(O)Nc1ccc2c(N3CC[C@@H](Nc4ncc(C#N)cn4)C3)nncc2c1. The van der Waals surface area contributed by atoms with Gasteiger partial charge in [-0.1, -0.05) is 6.58 Å². The Balaban J connectivity index is 1.49. The number of nitrogens with one attached hydrogen (secondary N) is 2. The molecular weight excluding hydrogens is 368 g/mol. The third kappa shape index (κ3) is 4.07. The Bertz CT molecular complexity index is 1060. The molecule has 1 saturated heterocycles. The van der Waals surface area contributed by atoms with Crippen molar-refractivity contribution in [3.63, 3.8) is 0 Å². The summed E-state index contributed by atoms with van der Waals surface area (Å²) in [5.41, 5.74) is 1.21. The van der Waals surface area contributed by atoms with Crippen LogP contribution >= 0.6 is 0 Å². The number of aliphatic hydroxyl groups is 1. The van der Waals surface area contributed by atoms with Crippen molar-refractivity contribution in [1.82, 2.24) is 20.2 Å². The second kappa shape index (κ2) is 8.08. The number of nitrogens with zero attached hydrogens (tertiary/aromatic N) is 6. The summed E-state index contributed by atoms with van der Waals surface area (Å²) >= 11 is 0. The molecule has 1 fully saturated rings. The summed E-state index contributed by atoms with van der Waals surface area (Å²) in [6.07, 6.45) is 6.25. The van der Waals surface area contributed by atoms with E-state index in [0.29, 0.717) is 11.5 Å². The second-order valence-electron chi connectivity index (χ2n) is 6.78. The number of aliphatic hydroxyl groups excluding tert-OH is 1. The Morgan fingerprint density at radius 2 is 2.14 bits per heavy atom. The zero-order valence-electron chi connectivity index (χ0n) is 15.7. The molecule has 2 atom stereocenters. The van der Waals surface area contributed by atoms with E-state index in [9.17, 15) is 5.11 Å². The highest BCUT2D eigenvalue weighted by atomic mass is 16.3. The zero-order chi connectivity index (χ0) is 20.2. The van der Waals surface area contributed by atoms with Crippen LogP contribution in [0.5, 0.6) is 0 Å². The Hall–Kier alpha value is -3.77. The van der Waals surface area contributed by atoms with Gasteiger partial charge in [0.05, 0.1) is 24.2 Å². The van der Waals surface area contributed by atoms with E-state index in [4.69, 9.17) is 5.26 Å². The van der Waals surface area contributed by atoms with Gasteiger partial charge in [-0.15, -0.1) is 5.10 Å². The molecule has 0 spiro atoms. The molecule has 9 heteroatoms. The molecular formula is C20H20N8O. The first kappa shape index (κ1) is 18.6. The van der Waals surface area contributed by atoms with Gasteiger partial charge in [0.15, 0.2) is 5.82 Å². The van der Waals surface area contributed by atoms with Gasteiger partial charge >= 0.3 is 0 Å². The van der Waals surface area contributed by atoms with Crippen LogP contribution in [0.15, 0.2) is 49.4 Å². The van der Waals surface area contributed by atoms with Gasteiger partial charge in [-0.2, -0.15) is 10.4 Å². The van der Waals surface area contributed by atoms with Crippen molar-refractivity contribution in [2.24, 2.45) is 0 Å². The third-order valence-electron chi connectivity index (χ3n) is 4.78. The summed E-state index contributed by atoms with van der Waals surface area (Å²) in [5.74, 6) is 1.33. The smallest absolute Gasteiger partial charge is 0.222 e. The van der Waals surface area contributed by atoms with Crippen LogP contribution in [0.1, 0.15) is 12.0 Å². The molecule has 1 aliphatic rings. The predicted octanol–water partition coefficient (Wildman–Crippen LogP) is 1.90. The lowest BCUT2D eigenvalue weighted by Gasteiger charge is -2.19. The predicted molar refractivity (Wildman–Crippen MR) is 110 cm³/mol. The lowest BCUT2D eigenvalue weighted by molar-refractivity contribution is 0.253. The van der Waals surface area contributed by atoms with Crippen molar-refractivity contribution in [3.05, 3.63) is 55.0 Å². The first-order chi connectivity index (χ1) is 14.2. The van der Waals surface area contributed by atoms with Gasteiger partial charge in [0.1, 0.15) is 12.3 Å². The summed E-state index contributed by atoms with van der Waals surface area (Å²) in [7, 11) is 0. The van der Waals surface area contributed by atoms with Crippen molar-refractivity contribution in [1.29, 1.82) is 5.26 Å². The summed E-state index contributed by atoms with van der Waals surface area (Å²) in [4.78, 5) is 10.5. The molecule has 9 nitrogen and oxygen atoms in total. The maximum atomic E-state index is 9.69. The fraction of sp³-hybridized carbons (Fsp3) is 0.250. The fourth-order valence-electron chi connectivity index (χ4n) is 3.34. The van der Waals surface area contributed by atoms with Crippen LogP contribution in [0, 0.1) is 11.3 Å². The molecule has 0 bridgehead atoms. The van der Waals surface area contributed by atoms with E-state index in [1.807, 2.05) is 24.3 Å². The number of benzene rings is 1. The van der Waals surface area contributed by atoms with Crippen molar-refractivity contribution >= 4 is 28.2 Å².